The SMILES string of the molecule is C=Cc1cc(Br)ccc1N1CC[C@H](Oc2ncccc2Cl)C1. The second-order valence-electron chi connectivity index (χ2n) is 5.17. The molecule has 0 N–H and O–H groups in total. The third kappa shape index (κ3) is 3.28. The maximum absolute atomic E-state index is 6.10. The number of rotatable bonds is 4. The van der Waals surface area contributed by atoms with Gasteiger partial charge >= 0.3 is 0 Å². The first kappa shape index (κ1) is 15.4. The number of aromatic nitrogens is 1. The lowest BCUT2D eigenvalue weighted by Crippen LogP contribution is -2.25. The van der Waals surface area contributed by atoms with Crippen LogP contribution in [0.2, 0.25) is 5.02 Å². The standard InChI is InChI=1S/C17H16BrClN2O/c1-2-12-10-13(18)5-6-16(12)21-9-7-14(11-21)22-17-15(19)4-3-8-20-17/h2-6,8,10,14H,1,7,9,11H2/t14-/m0/s1. The monoisotopic (exact) mass is 378 g/mol. The largest absolute Gasteiger partial charge is 0.471 e. The molecule has 22 heavy (non-hydrogen) atoms. The van der Waals surface area contributed by atoms with Crippen molar-refractivity contribution < 1.29 is 4.74 Å². The quantitative estimate of drug-likeness (QED) is 0.763. The summed E-state index contributed by atoms with van der Waals surface area (Å²) in [6.45, 7) is 5.65. The van der Waals surface area contributed by atoms with E-state index < -0.39 is 0 Å². The minimum Gasteiger partial charge on any atom is -0.471 e. The van der Waals surface area contributed by atoms with Crippen molar-refractivity contribution in [1.29, 1.82) is 0 Å². The minimum absolute atomic E-state index is 0.0914. The average Bonchev–Trinajstić information content (AvgIpc) is 2.98. The van der Waals surface area contributed by atoms with Gasteiger partial charge < -0.3 is 9.64 Å². The number of ether oxygens (including phenoxy) is 1. The van der Waals surface area contributed by atoms with Crippen LogP contribution in [0, 0.1) is 0 Å². The van der Waals surface area contributed by atoms with Gasteiger partial charge in [0.05, 0.1) is 6.54 Å². The molecule has 5 heteroatoms. The molecule has 0 aliphatic carbocycles. The zero-order valence-electron chi connectivity index (χ0n) is 12.0. The Morgan fingerprint density at radius 3 is 3.05 bits per heavy atom. The van der Waals surface area contributed by atoms with Crippen molar-refractivity contribution in [2.24, 2.45) is 0 Å². The highest BCUT2D eigenvalue weighted by atomic mass is 79.9. The zero-order valence-corrected chi connectivity index (χ0v) is 14.3. The molecule has 1 aromatic heterocycles. The Kier molecular flexibility index (Phi) is 4.69. The van der Waals surface area contributed by atoms with Gasteiger partial charge in [0.2, 0.25) is 5.88 Å². The molecule has 3 rings (SSSR count). The second-order valence-corrected chi connectivity index (χ2v) is 6.50. The van der Waals surface area contributed by atoms with Crippen molar-refractivity contribution in [1.82, 2.24) is 4.98 Å². The summed E-state index contributed by atoms with van der Waals surface area (Å²) in [5.41, 5.74) is 2.29. The first-order valence-corrected chi connectivity index (χ1v) is 8.28. The number of hydrogen-bond donors (Lipinski definition) is 0. The van der Waals surface area contributed by atoms with E-state index in [1.807, 2.05) is 12.1 Å². The maximum atomic E-state index is 6.10. The molecule has 0 bridgehead atoms. The fourth-order valence-electron chi connectivity index (χ4n) is 2.64. The Labute approximate surface area is 143 Å². The molecule has 0 amide bonds. The molecule has 3 nitrogen and oxygen atoms in total. The predicted molar refractivity (Wildman–Crippen MR) is 94.7 cm³/mol. The van der Waals surface area contributed by atoms with Crippen molar-refractivity contribution >= 4 is 39.3 Å². The number of nitrogens with zero attached hydrogens (tertiary/aromatic N) is 2. The first-order valence-electron chi connectivity index (χ1n) is 7.11. The van der Waals surface area contributed by atoms with Crippen molar-refractivity contribution in [2.45, 2.75) is 12.5 Å². The van der Waals surface area contributed by atoms with Crippen LogP contribution in [0.4, 0.5) is 5.69 Å². The number of hydrogen-bond acceptors (Lipinski definition) is 3. The number of pyridine rings is 1. The van der Waals surface area contributed by atoms with Gasteiger partial charge in [-0.25, -0.2) is 4.98 Å². The molecule has 2 heterocycles. The minimum atomic E-state index is 0.0914. The summed E-state index contributed by atoms with van der Waals surface area (Å²) in [5, 5.41) is 0.552. The van der Waals surface area contributed by atoms with Crippen LogP contribution in [0.5, 0.6) is 5.88 Å². The number of halogens is 2. The van der Waals surface area contributed by atoms with Crippen LogP contribution in [0.15, 0.2) is 47.6 Å². The van der Waals surface area contributed by atoms with Crippen LogP contribution >= 0.6 is 27.5 Å². The summed E-state index contributed by atoms with van der Waals surface area (Å²) in [4.78, 5) is 6.50. The fraction of sp³-hybridized carbons (Fsp3) is 0.235. The van der Waals surface area contributed by atoms with Gasteiger partial charge in [-0.3, -0.25) is 0 Å². The fourth-order valence-corrected chi connectivity index (χ4v) is 3.18. The van der Waals surface area contributed by atoms with Crippen LogP contribution in [0.25, 0.3) is 6.08 Å². The van der Waals surface area contributed by atoms with Crippen LogP contribution in [-0.4, -0.2) is 24.2 Å². The summed E-state index contributed by atoms with van der Waals surface area (Å²) in [7, 11) is 0. The van der Waals surface area contributed by atoms with E-state index in [0.29, 0.717) is 10.9 Å². The van der Waals surface area contributed by atoms with Gasteiger partial charge in [0.25, 0.3) is 0 Å². The van der Waals surface area contributed by atoms with E-state index in [1.165, 1.54) is 5.69 Å². The Bertz CT molecular complexity index is 692. The van der Waals surface area contributed by atoms with Gasteiger partial charge in [-0.15, -0.1) is 0 Å². The lowest BCUT2D eigenvalue weighted by atomic mass is 10.1. The zero-order chi connectivity index (χ0) is 15.5. The highest BCUT2D eigenvalue weighted by Crippen LogP contribution is 2.30. The molecule has 1 fully saturated rings. The molecule has 1 saturated heterocycles. The molecular weight excluding hydrogens is 364 g/mol. The van der Waals surface area contributed by atoms with Crippen molar-refractivity contribution in [3.8, 4) is 5.88 Å². The summed E-state index contributed by atoms with van der Waals surface area (Å²) in [6, 6.07) is 9.82. The predicted octanol–water partition coefficient (Wildman–Crippen LogP) is 4.80. The normalized spacial score (nSPS) is 17.5. The van der Waals surface area contributed by atoms with Crippen LogP contribution in [-0.2, 0) is 0 Å². The van der Waals surface area contributed by atoms with E-state index in [2.05, 4.69) is 44.5 Å². The Morgan fingerprint density at radius 2 is 2.27 bits per heavy atom. The van der Waals surface area contributed by atoms with E-state index >= 15 is 0 Å². The first-order chi connectivity index (χ1) is 10.7. The Balaban J connectivity index is 1.73. The van der Waals surface area contributed by atoms with Gasteiger partial charge in [-0.05, 0) is 35.9 Å². The molecule has 0 saturated carbocycles. The number of anilines is 1. The smallest absolute Gasteiger partial charge is 0.232 e. The highest BCUT2D eigenvalue weighted by Gasteiger charge is 2.26. The van der Waals surface area contributed by atoms with E-state index in [-0.39, 0.29) is 6.10 Å². The average molecular weight is 380 g/mol. The lowest BCUT2D eigenvalue weighted by molar-refractivity contribution is 0.216. The topological polar surface area (TPSA) is 25.4 Å². The number of benzene rings is 1. The molecule has 0 radical (unpaired) electrons. The van der Waals surface area contributed by atoms with Crippen molar-refractivity contribution in [3.63, 3.8) is 0 Å². The van der Waals surface area contributed by atoms with Crippen molar-refractivity contribution in [2.75, 3.05) is 18.0 Å². The third-order valence-electron chi connectivity index (χ3n) is 3.70. The Morgan fingerprint density at radius 1 is 1.41 bits per heavy atom. The Hall–Kier alpha value is -1.52. The van der Waals surface area contributed by atoms with Gasteiger partial charge in [-0.2, -0.15) is 0 Å². The summed E-state index contributed by atoms with van der Waals surface area (Å²) >= 11 is 9.60. The van der Waals surface area contributed by atoms with Gasteiger partial charge in [0.15, 0.2) is 0 Å². The van der Waals surface area contributed by atoms with Crippen LogP contribution in [0.1, 0.15) is 12.0 Å². The molecule has 1 aromatic carbocycles. The van der Waals surface area contributed by atoms with E-state index in [1.54, 1.807) is 18.3 Å². The molecule has 0 unspecified atom stereocenters. The van der Waals surface area contributed by atoms with E-state index in [0.717, 1.165) is 29.5 Å². The molecule has 2 aromatic rings. The highest BCUT2D eigenvalue weighted by molar-refractivity contribution is 9.10. The van der Waals surface area contributed by atoms with Gasteiger partial charge in [0.1, 0.15) is 11.1 Å². The summed E-state index contributed by atoms with van der Waals surface area (Å²) < 4.78 is 6.99. The maximum Gasteiger partial charge on any atom is 0.232 e. The van der Waals surface area contributed by atoms with Crippen LogP contribution in [0.3, 0.4) is 0 Å². The molecule has 1 atom stereocenters. The summed E-state index contributed by atoms with van der Waals surface area (Å²) in [6.07, 6.45) is 4.61. The third-order valence-corrected chi connectivity index (χ3v) is 4.48. The van der Waals surface area contributed by atoms with E-state index in [9.17, 15) is 0 Å². The molecular formula is C17H16BrClN2O. The lowest BCUT2D eigenvalue weighted by Gasteiger charge is -2.21. The summed E-state index contributed by atoms with van der Waals surface area (Å²) in [5.74, 6) is 0.510. The van der Waals surface area contributed by atoms with Gasteiger partial charge in [0, 0.05) is 29.3 Å². The van der Waals surface area contributed by atoms with Crippen molar-refractivity contribution in [3.05, 3.63) is 58.2 Å². The van der Waals surface area contributed by atoms with E-state index in [4.69, 9.17) is 16.3 Å². The van der Waals surface area contributed by atoms with Gasteiger partial charge in [-0.1, -0.05) is 40.2 Å². The second kappa shape index (κ2) is 6.71. The molecule has 0 spiro atoms. The molecule has 114 valence electrons. The van der Waals surface area contributed by atoms with Crippen LogP contribution < -0.4 is 9.64 Å². The molecule has 1 aliphatic rings. The molecule has 1 aliphatic heterocycles.